The first-order chi connectivity index (χ1) is 13.7. The Labute approximate surface area is 168 Å². The van der Waals surface area contributed by atoms with Crippen molar-refractivity contribution in [2.24, 2.45) is 0 Å². The van der Waals surface area contributed by atoms with Gasteiger partial charge in [-0.15, -0.1) is 0 Å². The quantitative estimate of drug-likeness (QED) is 0.345. The van der Waals surface area contributed by atoms with Gasteiger partial charge >= 0.3 is 5.97 Å². The van der Waals surface area contributed by atoms with E-state index in [1.807, 2.05) is 0 Å². The van der Waals surface area contributed by atoms with Crippen molar-refractivity contribution in [1.29, 1.82) is 5.41 Å². The maximum Gasteiger partial charge on any atom is 0.331 e. The highest BCUT2D eigenvalue weighted by molar-refractivity contribution is 5.98. The molecule has 0 spiro atoms. The number of carbonyl (C=O) groups excluding carboxylic acids is 3. The van der Waals surface area contributed by atoms with E-state index in [-0.39, 0.29) is 29.5 Å². The molecule has 0 saturated carbocycles. The van der Waals surface area contributed by atoms with E-state index < -0.39 is 36.2 Å². The molecule has 0 aromatic carbocycles. The number of nitrogens with zero attached hydrogens (tertiary/aromatic N) is 1. The van der Waals surface area contributed by atoms with Crippen molar-refractivity contribution in [1.82, 2.24) is 15.6 Å². The van der Waals surface area contributed by atoms with Gasteiger partial charge in [0.2, 0.25) is 5.91 Å². The molecule has 29 heavy (non-hydrogen) atoms. The molecule has 1 aliphatic heterocycles. The average Bonchev–Trinajstić information content (AvgIpc) is 2.63. The fraction of sp³-hybridized carbons (Fsp3) is 0.526. The molecule has 10 nitrogen and oxygen atoms in total. The van der Waals surface area contributed by atoms with Gasteiger partial charge in [-0.3, -0.25) is 9.59 Å². The SMILES string of the molecule is CCC(=O)NC(C(=O)OC(C)C(NC(=O)c1ncccc1O)C(C)=N)C1CCO1. The Hall–Kier alpha value is -3.01. The van der Waals surface area contributed by atoms with E-state index in [1.165, 1.54) is 32.2 Å². The maximum atomic E-state index is 12.6. The first kappa shape index (κ1) is 22.3. The fourth-order valence-electron chi connectivity index (χ4n) is 2.78. The number of ether oxygens (including phenoxy) is 2. The lowest BCUT2D eigenvalue weighted by molar-refractivity contribution is -0.163. The predicted molar refractivity (Wildman–Crippen MR) is 103 cm³/mol. The van der Waals surface area contributed by atoms with Crippen molar-refractivity contribution in [2.45, 2.75) is 57.9 Å². The Morgan fingerprint density at radius 2 is 2.10 bits per heavy atom. The number of aromatic nitrogens is 1. The second-order valence-corrected chi connectivity index (χ2v) is 6.74. The molecular weight excluding hydrogens is 380 g/mol. The number of hydrogen-bond acceptors (Lipinski definition) is 8. The van der Waals surface area contributed by atoms with Crippen LogP contribution < -0.4 is 10.6 Å². The van der Waals surface area contributed by atoms with Crippen LogP contribution in [0.25, 0.3) is 0 Å². The van der Waals surface area contributed by atoms with Crippen LogP contribution in [0.1, 0.15) is 44.1 Å². The van der Waals surface area contributed by atoms with Crippen molar-refractivity contribution in [3.63, 3.8) is 0 Å². The molecule has 4 atom stereocenters. The van der Waals surface area contributed by atoms with Gasteiger partial charge in [0.05, 0.1) is 6.10 Å². The third-order valence-electron chi connectivity index (χ3n) is 4.52. The van der Waals surface area contributed by atoms with Gasteiger partial charge in [0.25, 0.3) is 5.91 Å². The molecule has 158 valence electrons. The second-order valence-electron chi connectivity index (χ2n) is 6.74. The molecule has 1 aliphatic rings. The van der Waals surface area contributed by atoms with Crippen LogP contribution >= 0.6 is 0 Å². The normalized spacial score (nSPS) is 18.5. The highest BCUT2D eigenvalue weighted by Crippen LogP contribution is 2.18. The number of aromatic hydroxyl groups is 1. The van der Waals surface area contributed by atoms with Gasteiger partial charge in [-0.05, 0) is 32.4 Å². The number of pyridine rings is 1. The van der Waals surface area contributed by atoms with Crippen molar-refractivity contribution in [3.05, 3.63) is 24.0 Å². The van der Waals surface area contributed by atoms with Crippen LogP contribution in [0, 0.1) is 5.41 Å². The number of carbonyl (C=O) groups is 3. The summed E-state index contributed by atoms with van der Waals surface area (Å²) in [7, 11) is 0. The maximum absolute atomic E-state index is 12.6. The molecule has 1 saturated heterocycles. The highest BCUT2D eigenvalue weighted by Gasteiger charge is 2.38. The van der Waals surface area contributed by atoms with Gasteiger partial charge < -0.3 is 30.6 Å². The zero-order valence-electron chi connectivity index (χ0n) is 16.6. The Morgan fingerprint density at radius 1 is 1.41 bits per heavy atom. The minimum absolute atomic E-state index is 0.0445. The van der Waals surface area contributed by atoms with Crippen molar-refractivity contribution < 1.29 is 29.0 Å². The molecule has 4 N–H and O–H groups in total. The van der Waals surface area contributed by atoms with E-state index in [0.29, 0.717) is 13.0 Å². The lowest BCUT2D eigenvalue weighted by atomic mass is 10.0. The molecule has 1 aromatic heterocycles. The topological polar surface area (TPSA) is 151 Å². The Bertz CT molecular complexity index is 780. The zero-order valence-corrected chi connectivity index (χ0v) is 16.6. The van der Waals surface area contributed by atoms with Gasteiger partial charge in [-0.1, -0.05) is 6.92 Å². The lowest BCUT2D eigenvalue weighted by Crippen LogP contribution is -2.56. The van der Waals surface area contributed by atoms with Gasteiger partial charge in [-0.2, -0.15) is 0 Å². The van der Waals surface area contributed by atoms with Gasteiger partial charge in [-0.25, -0.2) is 9.78 Å². The molecule has 2 heterocycles. The zero-order chi connectivity index (χ0) is 21.6. The van der Waals surface area contributed by atoms with Crippen LogP contribution in [0.5, 0.6) is 5.75 Å². The Balaban J connectivity index is 2.07. The first-order valence-electron chi connectivity index (χ1n) is 9.35. The summed E-state index contributed by atoms with van der Waals surface area (Å²) in [5.74, 6) is -2.03. The highest BCUT2D eigenvalue weighted by atomic mass is 16.6. The molecular formula is C19H26N4O6. The summed E-state index contributed by atoms with van der Waals surface area (Å²) in [6.45, 7) is 5.15. The summed E-state index contributed by atoms with van der Waals surface area (Å²) in [6.07, 6.45) is 0.795. The second kappa shape index (κ2) is 9.97. The van der Waals surface area contributed by atoms with Crippen molar-refractivity contribution in [2.75, 3.05) is 6.61 Å². The third-order valence-corrected chi connectivity index (χ3v) is 4.52. The molecule has 0 aliphatic carbocycles. The Morgan fingerprint density at radius 3 is 2.62 bits per heavy atom. The summed E-state index contributed by atoms with van der Waals surface area (Å²) in [4.78, 5) is 40.6. The summed E-state index contributed by atoms with van der Waals surface area (Å²) in [6, 6.07) is 0.888. The van der Waals surface area contributed by atoms with Gasteiger partial charge in [0.1, 0.15) is 17.9 Å². The number of esters is 1. The van der Waals surface area contributed by atoms with Crippen LogP contribution in [0.15, 0.2) is 18.3 Å². The number of amides is 2. The molecule has 0 bridgehead atoms. The largest absolute Gasteiger partial charge is 0.505 e. The van der Waals surface area contributed by atoms with Crippen molar-refractivity contribution >= 4 is 23.5 Å². The minimum atomic E-state index is -0.958. The smallest absolute Gasteiger partial charge is 0.331 e. The number of nitrogens with one attached hydrogen (secondary N) is 3. The Kier molecular flexibility index (Phi) is 7.66. The third kappa shape index (κ3) is 5.74. The van der Waals surface area contributed by atoms with E-state index >= 15 is 0 Å². The molecule has 1 fully saturated rings. The van der Waals surface area contributed by atoms with E-state index in [1.54, 1.807) is 6.92 Å². The molecule has 10 heteroatoms. The predicted octanol–water partition coefficient (Wildman–Crippen LogP) is 0.541. The monoisotopic (exact) mass is 406 g/mol. The summed E-state index contributed by atoms with van der Waals surface area (Å²) in [5, 5.41) is 22.8. The van der Waals surface area contributed by atoms with E-state index in [4.69, 9.17) is 14.9 Å². The minimum Gasteiger partial charge on any atom is -0.505 e. The molecule has 0 radical (unpaired) electrons. The van der Waals surface area contributed by atoms with E-state index in [2.05, 4.69) is 15.6 Å². The molecule has 1 aromatic rings. The van der Waals surface area contributed by atoms with Crippen LogP contribution in [0.2, 0.25) is 0 Å². The number of rotatable bonds is 9. The molecule has 2 rings (SSSR count). The van der Waals surface area contributed by atoms with Gasteiger partial charge in [0.15, 0.2) is 11.7 Å². The van der Waals surface area contributed by atoms with E-state index in [9.17, 15) is 19.5 Å². The fourth-order valence-corrected chi connectivity index (χ4v) is 2.78. The number of hydrogen-bond donors (Lipinski definition) is 4. The lowest BCUT2D eigenvalue weighted by Gasteiger charge is -2.34. The van der Waals surface area contributed by atoms with Crippen LogP contribution in [0.4, 0.5) is 0 Å². The van der Waals surface area contributed by atoms with Crippen LogP contribution in [0.3, 0.4) is 0 Å². The van der Waals surface area contributed by atoms with Crippen LogP contribution in [-0.2, 0) is 19.1 Å². The summed E-state index contributed by atoms with van der Waals surface area (Å²) >= 11 is 0. The van der Waals surface area contributed by atoms with Crippen molar-refractivity contribution in [3.8, 4) is 5.75 Å². The average molecular weight is 406 g/mol. The standard InChI is InChI=1S/C19H26N4O6/c1-4-14(25)22-17(13-7-9-28-13)19(27)29-11(3)15(10(2)20)23-18(26)16-12(24)6-5-8-21-16/h5-6,8,11,13,15,17,20,24H,4,7,9H2,1-3H3,(H,22,25)(H,23,26). The summed E-state index contributed by atoms with van der Waals surface area (Å²) in [5.41, 5.74) is -0.156. The molecule has 4 unspecified atom stereocenters. The first-order valence-corrected chi connectivity index (χ1v) is 9.35. The van der Waals surface area contributed by atoms with Gasteiger partial charge in [0, 0.05) is 24.9 Å². The van der Waals surface area contributed by atoms with Crippen LogP contribution in [-0.4, -0.2) is 64.5 Å². The summed E-state index contributed by atoms with van der Waals surface area (Å²) < 4.78 is 10.8. The van der Waals surface area contributed by atoms with E-state index in [0.717, 1.165) is 0 Å². The molecule has 2 amide bonds.